The molecular formula is C27H27N7O. The number of anilines is 1. The van der Waals surface area contributed by atoms with Crippen LogP contribution >= 0.6 is 0 Å². The van der Waals surface area contributed by atoms with Crippen molar-refractivity contribution < 1.29 is 4.79 Å². The van der Waals surface area contributed by atoms with Gasteiger partial charge in [-0.1, -0.05) is 6.58 Å². The number of hydrogen-bond acceptors (Lipinski definition) is 7. The fourth-order valence-corrected chi connectivity index (χ4v) is 3.11. The molecule has 1 amide bonds. The highest BCUT2D eigenvalue weighted by Gasteiger charge is 2.07. The Balaban J connectivity index is 1.60. The summed E-state index contributed by atoms with van der Waals surface area (Å²) in [6, 6.07) is 22.3. The standard InChI is InChI=1S/C27H27N7O/c1-5-27(35)34(4)17-16-33(3)25-13-10-23(11-14-25)30-32-26-15-12-24(18-20(26)2)31-29-22-8-6-21(19-28)7-9-22/h5-15,18H,1,16-17H2,2-4H3/b31-29+,32-30+. The minimum Gasteiger partial charge on any atom is -0.373 e. The summed E-state index contributed by atoms with van der Waals surface area (Å²) in [5.41, 5.74) is 5.41. The van der Waals surface area contributed by atoms with Crippen molar-refractivity contribution >= 4 is 34.3 Å². The van der Waals surface area contributed by atoms with Gasteiger partial charge in [-0.3, -0.25) is 4.79 Å². The van der Waals surface area contributed by atoms with Crippen molar-refractivity contribution in [1.82, 2.24) is 4.90 Å². The van der Waals surface area contributed by atoms with E-state index in [1.807, 2.05) is 56.4 Å². The van der Waals surface area contributed by atoms with Gasteiger partial charge in [0, 0.05) is 32.9 Å². The van der Waals surface area contributed by atoms with Crippen molar-refractivity contribution in [2.75, 3.05) is 32.1 Å². The summed E-state index contributed by atoms with van der Waals surface area (Å²) in [6.07, 6.45) is 1.32. The van der Waals surface area contributed by atoms with E-state index < -0.39 is 0 Å². The largest absolute Gasteiger partial charge is 0.373 e. The Morgan fingerprint density at radius 2 is 1.46 bits per heavy atom. The zero-order valence-electron chi connectivity index (χ0n) is 20.1. The van der Waals surface area contributed by atoms with Crippen LogP contribution in [-0.2, 0) is 4.79 Å². The van der Waals surface area contributed by atoms with Crippen LogP contribution in [0.5, 0.6) is 0 Å². The molecule has 0 heterocycles. The SMILES string of the molecule is C=CC(=O)N(C)CCN(C)c1ccc(/N=N/c2ccc(/N=N/c3ccc(C#N)cc3)cc2C)cc1. The maximum atomic E-state index is 11.6. The van der Waals surface area contributed by atoms with Crippen LogP contribution < -0.4 is 4.90 Å². The monoisotopic (exact) mass is 465 g/mol. The van der Waals surface area contributed by atoms with E-state index in [1.54, 1.807) is 36.2 Å². The predicted octanol–water partition coefficient (Wildman–Crippen LogP) is 6.78. The van der Waals surface area contributed by atoms with Crippen molar-refractivity contribution in [2.45, 2.75) is 6.92 Å². The number of benzene rings is 3. The first-order valence-electron chi connectivity index (χ1n) is 11.0. The zero-order chi connectivity index (χ0) is 25.2. The van der Waals surface area contributed by atoms with E-state index in [0.29, 0.717) is 30.0 Å². The molecular weight excluding hydrogens is 438 g/mol. The van der Waals surface area contributed by atoms with E-state index in [1.165, 1.54) is 6.08 Å². The number of carbonyl (C=O) groups excluding carboxylic acids is 1. The van der Waals surface area contributed by atoms with Crippen molar-refractivity contribution in [3.63, 3.8) is 0 Å². The minimum absolute atomic E-state index is 0.0909. The van der Waals surface area contributed by atoms with Gasteiger partial charge in [0.05, 0.1) is 34.4 Å². The molecule has 0 aliphatic carbocycles. The highest BCUT2D eigenvalue weighted by molar-refractivity contribution is 5.86. The lowest BCUT2D eigenvalue weighted by Crippen LogP contribution is -2.33. The van der Waals surface area contributed by atoms with E-state index in [9.17, 15) is 4.79 Å². The summed E-state index contributed by atoms with van der Waals surface area (Å²) in [6.45, 7) is 6.76. The van der Waals surface area contributed by atoms with E-state index in [4.69, 9.17) is 5.26 Å². The van der Waals surface area contributed by atoms with Crippen LogP contribution in [0.3, 0.4) is 0 Å². The number of nitriles is 1. The lowest BCUT2D eigenvalue weighted by Gasteiger charge is -2.23. The second-order valence-electron chi connectivity index (χ2n) is 7.93. The Labute approximate surface area is 205 Å². The van der Waals surface area contributed by atoms with Gasteiger partial charge in [0.25, 0.3) is 0 Å². The third kappa shape index (κ3) is 7.17. The van der Waals surface area contributed by atoms with Crippen LogP contribution in [0.1, 0.15) is 11.1 Å². The summed E-state index contributed by atoms with van der Waals surface area (Å²) < 4.78 is 0. The molecule has 3 rings (SSSR count). The van der Waals surface area contributed by atoms with Crippen LogP contribution in [0, 0.1) is 18.3 Å². The number of hydrogen-bond donors (Lipinski definition) is 0. The van der Waals surface area contributed by atoms with Crippen molar-refractivity contribution in [1.29, 1.82) is 5.26 Å². The van der Waals surface area contributed by atoms with E-state index in [-0.39, 0.29) is 5.91 Å². The maximum absolute atomic E-state index is 11.6. The molecule has 0 saturated carbocycles. The molecule has 176 valence electrons. The quantitative estimate of drug-likeness (QED) is 0.257. The summed E-state index contributed by atoms with van der Waals surface area (Å²) in [7, 11) is 3.74. The third-order valence-corrected chi connectivity index (χ3v) is 5.34. The highest BCUT2D eigenvalue weighted by atomic mass is 16.2. The molecule has 0 saturated heterocycles. The summed E-state index contributed by atoms with van der Waals surface area (Å²) in [4.78, 5) is 15.3. The smallest absolute Gasteiger partial charge is 0.245 e. The second kappa shape index (κ2) is 12.0. The third-order valence-electron chi connectivity index (χ3n) is 5.34. The van der Waals surface area contributed by atoms with E-state index in [2.05, 4.69) is 38.0 Å². The van der Waals surface area contributed by atoms with Crippen LogP contribution in [0.4, 0.5) is 28.4 Å². The van der Waals surface area contributed by atoms with Gasteiger partial charge in [0.1, 0.15) is 0 Å². The van der Waals surface area contributed by atoms with Crippen molar-refractivity contribution in [3.8, 4) is 6.07 Å². The Kier molecular flexibility index (Phi) is 8.57. The molecule has 0 bridgehead atoms. The Morgan fingerprint density at radius 3 is 2.06 bits per heavy atom. The summed E-state index contributed by atoms with van der Waals surface area (Å²) >= 11 is 0. The highest BCUT2D eigenvalue weighted by Crippen LogP contribution is 2.28. The van der Waals surface area contributed by atoms with Gasteiger partial charge >= 0.3 is 0 Å². The molecule has 0 spiro atoms. The lowest BCUT2D eigenvalue weighted by molar-refractivity contribution is -0.124. The topological polar surface area (TPSA) is 96.8 Å². The Hall–Kier alpha value is -4.64. The number of amides is 1. The van der Waals surface area contributed by atoms with Gasteiger partial charge in [-0.2, -0.15) is 25.7 Å². The fourth-order valence-electron chi connectivity index (χ4n) is 3.11. The molecule has 35 heavy (non-hydrogen) atoms. The van der Waals surface area contributed by atoms with Gasteiger partial charge in [0.15, 0.2) is 0 Å². The predicted molar refractivity (Wildman–Crippen MR) is 138 cm³/mol. The fraction of sp³-hybridized carbons (Fsp3) is 0.185. The molecule has 8 heteroatoms. The van der Waals surface area contributed by atoms with Gasteiger partial charge < -0.3 is 9.80 Å². The lowest BCUT2D eigenvalue weighted by atomic mass is 10.2. The van der Waals surface area contributed by atoms with Crippen LogP contribution in [-0.4, -0.2) is 38.0 Å². The number of carbonyl (C=O) groups is 1. The molecule has 0 radical (unpaired) electrons. The van der Waals surface area contributed by atoms with Gasteiger partial charge in [-0.25, -0.2) is 0 Å². The molecule has 3 aromatic carbocycles. The molecule has 0 aliphatic rings. The minimum atomic E-state index is -0.0909. The first-order chi connectivity index (χ1) is 16.9. The maximum Gasteiger partial charge on any atom is 0.245 e. The molecule has 0 unspecified atom stereocenters. The van der Waals surface area contributed by atoms with Gasteiger partial charge in [-0.15, -0.1) is 0 Å². The van der Waals surface area contributed by atoms with Crippen molar-refractivity contribution in [2.24, 2.45) is 20.5 Å². The van der Waals surface area contributed by atoms with Crippen molar-refractivity contribution in [3.05, 3.63) is 90.5 Å². The average Bonchev–Trinajstić information content (AvgIpc) is 2.89. The van der Waals surface area contributed by atoms with Crippen LogP contribution in [0.25, 0.3) is 0 Å². The molecule has 0 fully saturated rings. The van der Waals surface area contributed by atoms with Crippen LogP contribution in [0.15, 0.2) is 99.8 Å². The zero-order valence-corrected chi connectivity index (χ0v) is 20.1. The number of likely N-dealkylation sites (N-methyl/N-ethyl adjacent to an activating group) is 2. The summed E-state index contributed by atoms with van der Waals surface area (Å²) in [5.74, 6) is -0.0909. The van der Waals surface area contributed by atoms with Crippen LogP contribution in [0.2, 0.25) is 0 Å². The number of nitrogens with zero attached hydrogens (tertiary/aromatic N) is 7. The molecule has 8 nitrogen and oxygen atoms in total. The molecule has 0 atom stereocenters. The van der Waals surface area contributed by atoms with E-state index in [0.717, 1.165) is 22.6 Å². The van der Waals surface area contributed by atoms with Gasteiger partial charge in [0.2, 0.25) is 5.91 Å². The normalized spacial score (nSPS) is 10.9. The summed E-state index contributed by atoms with van der Waals surface area (Å²) in [5, 5.41) is 26.1. The molecule has 3 aromatic rings. The van der Waals surface area contributed by atoms with E-state index >= 15 is 0 Å². The van der Waals surface area contributed by atoms with Gasteiger partial charge in [-0.05, 0) is 85.3 Å². The number of rotatable bonds is 9. The molecule has 0 aliphatic heterocycles. The first-order valence-corrected chi connectivity index (χ1v) is 11.0. The molecule has 0 aromatic heterocycles. The Morgan fingerprint density at radius 1 is 0.886 bits per heavy atom. The number of azo groups is 2. The first kappa shape index (κ1) is 25.0. The Bertz CT molecular complexity index is 1270. The molecule has 0 N–H and O–H groups in total. The second-order valence-corrected chi connectivity index (χ2v) is 7.93. The number of aryl methyl sites for hydroxylation is 1. The average molecular weight is 466 g/mol.